The van der Waals surface area contributed by atoms with E-state index in [1.54, 1.807) is 20.8 Å². The molecule has 0 aromatic heterocycles. The number of halogens is 1. The second-order valence-corrected chi connectivity index (χ2v) is 7.60. The first kappa shape index (κ1) is 16.9. The number of methoxy groups -OCH3 is 1. The SMILES string of the molecule is COC(=O)c1ccc(F)c(C23COC(C(=O)OC(C)(C)C)(C2)C3)c1. The van der Waals surface area contributed by atoms with Gasteiger partial charge in [0.25, 0.3) is 0 Å². The zero-order valence-electron chi connectivity index (χ0n) is 14.3. The van der Waals surface area contributed by atoms with Crippen LogP contribution in [0.15, 0.2) is 18.2 Å². The fourth-order valence-corrected chi connectivity index (χ4v) is 3.54. The van der Waals surface area contributed by atoms with E-state index in [-0.39, 0.29) is 12.2 Å². The van der Waals surface area contributed by atoms with E-state index in [0.717, 1.165) is 0 Å². The normalized spacial score (nSPS) is 28.2. The smallest absolute Gasteiger partial charge is 0.338 e. The van der Waals surface area contributed by atoms with Gasteiger partial charge in [0.1, 0.15) is 11.4 Å². The molecule has 1 aromatic carbocycles. The molecule has 2 saturated heterocycles. The third kappa shape index (κ3) is 2.59. The molecule has 2 aliphatic heterocycles. The van der Waals surface area contributed by atoms with Gasteiger partial charge in [-0.1, -0.05) is 0 Å². The van der Waals surface area contributed by atoms with Crippen LogP contribution < -0.4 is 0 Å². The fraction of sp³-hybridized carbons (Fsp3) is 0.556. The van der Waals surface area contributed by atoms with E-state index in [0.29, 0.717) is 18.4 Å². The van der Waals surface area contributed by atoms with Crippen molar-refractivity contribution in [1.82, 2.24) is 0 Å². The molecular weight excluding hydrogens is 315 g/mol. The van der Waals surface area contributed by atoms with Crippen LogP contribution in [0.5, 0.6) is 0 Å². The lowest BCUT2D eigenvalue weighted by atomic mass is 9.59. The molecule has 3 aliphatic rings. The Labute approximate surface area is 140 Å². The van der Waals surface area contributed by atoms with Crippen molar-refractivity contribution in [3.8, 4) is 0 Å². The van der Waals surface area contributed by atoms with Crippen molar-refractivity contribution < 1.29 is 28.2 Å². The van der Waals surface area contributed by atoms with E-state index in [2.05, 4.69) is 4.74 Å². The molecule has 1 saturated carbocycles. The molecule has 0 N–H and O–H groups in total. The van der Waals surface area contributed by atoms with Gasteiger partial charge in [-0.3, -0.25) is 0 Å². The van der Waals surface area contributed by atoms with E-state index in [9.17, 15) is 14.0 Å². The summed E-state index contributed by atoms with van der Waals surface area (Å²) in [5.41, 5.74) is -1.52. The van der Waals surface area contributed by atoms with Gasteiger partial charge in [0, 0.05) is 5.41 Å². The summed E-state index contributed by atoms with van der Waals surface area (Å²) in [6, 6.07) is 4.13. The maximum absolute atomic E-state index is 14.3. The minimum absolute atomic E-state index is 0.230. The van der Waals surface area contributed by atoms with Crippen LogP contribution in [0, 0.1) is 5.82 Å². The molecule has 4 rings (SSSR count). The van der Waals surface area contributed by atoms with Crippen molar-refractivity contribution in [3.05, 3.63) is 35.1 Å². The van der Waals surface area contributed by atoms with Gasteiger partial charge in [0.15, 0.2) is 5.60 Å². The molecule has 1 aliphatic carbocycles. The summed E-state index contributed by atoms with van der Waals surface area (Å²) in [7, 11) is 1.28. The van der Waals surface area contributed by atoms with Crippen molar-refractivity contribution in [2.24, 2.45) is 0 Å². The van der Waals surface area contributed by atoms with Gasteiger partial charge in [0.05, 0.1) is 19.3 Å². The predicted octanol–water partition coefficient (Wildman–Crippen LogP) is 2.75. The van der Waals surface area contributed by atoms with Crippen LogP contribution in [0.2, 0.25) is 0 Å². The standard InChI is InChI=1S/C18H21FO5/c1-16(2,3)24-15(21)18-8-17(9-18,10-23-18)12-7-11(14(20)22-4)5-6-13(12)19/h5-7H,8-10H2,1-4H3. The number of hydrogen-bond donors (Lipinski definition) is 0. The molecule has 0 spiro atoms. The van der Waals surface area contributed by atoms with Crippen LogP contribution in [0.3, 0.4) is 0 Å². The summed E-state index contributed by atoms with van der Waals surface area (Å²) in [5.74, 6) is -1.34. The molecule has 0 amide bonds. The highest BCUT2D eigenvalue weighted by Gasteiger charge is 2.68. The summed E-state index contributed by atoms with van der Waals surface area (Å²) >= 11 is 0. The maximum Gasteiger partial charge on any atom is 0.338 e. The quantitative estimate of drug-likeness (QED) is 0.794. The van der Waals surface area contributed by atoms with E-state index >= 15 is 0 Å². The van der Waals surface area contributed by atoms with Gasteiger partial charge in [-0.2, -0.15) is 0 Å². The first-order chi connectivity index (χ1) is 11.1. The van der Waals surface area contributed by atoms with Crippen LogP contribution in [0.25, 0.3) is 0 Å². The van der Waals surface area contributed by atoms with Crippen LogP contribution in [0.4, 0.5) is 4.39 Å². The van der Waals surface area contributed by atoms with Crippen LogP contribution >= 0.6 is 0 Å². The number of hydrogen-bond acceptors (Lipinski definition) is 5. The van der Waals surface area contributed by atoms with Crippen molar-refractivity contribution in [2.75, 3.05) is 13.7 Å². The maximum atomic E-state index is 14.3. The van der Waals surface area contributed by atoms with Crippen molar-refractivity contribution in [2.45, 2.75) is 50.2 Å². The summed E-state index contributed by atoms with van der Waals surface area (Å²) in [4.78, 5) is 24.1. The number of fused-ring (bicyclic) bond motifs is 1. The molecule has 0 unspecified atom stereocenters. The Morgan fingerprint density at radius 3 is 2.50 bits per heavy atom. The number of esters is 2. The minimum Gasteiger partial charge on any atom is -0.465 e. The Bertz CT molecular complexity index is 698. The van der Waals surface area contributed by atoms with Gasteiger partial charge in [0.2, 0.25) is 0 Å². The predicted molar refractivity (Wildman–Crippen MR) is 83.2 cm³/mol. The Morgan fingerprint density at radius 1 is 1.25 bits per heavy atom. The van der Waals surface area contributed by atoms with E-state index in [4.69, 9.17) is 9.47 Å². The van der Waals surface area contributed by atoms with Gasteiger partial charge >= 0.3 is 11.9 Å². The lowest BCUT2D eigenvalue weighted by Gasteiger charge is -2.43. The molecule has 0 atom stereocenters. The number of rotatable bonds is 3. The van der Waals surface area contributed by atoms with Gasteiger partial charge in [-0.25, -0.2) is 14.0 Å². The zero-order chi connectivity index (χ0) is 17.8. The number of carbonyl (C=O) groups excluding carboxylic acids is 2. The monoisotopic (exact) mass is 336 g/mol. The number of benzene rings is 1. The van der Waals surface area contributed by atoms with Gasteiger partial charge < -0.3 is 14.2 Å². The first-order valence-corrected chi connectivity index (χ1v) is 7.87. The number of ether oxygens (including phenoxy) is 3. The van der Waals surface area contributed by atoms with Crippen molar-refractivity contribution in [3.63, 3.8) is 0 Å². The van der Waals surface area contributed by atoms with E-state index < -0.39 is 34.4 Å². The summed E-state index contributed by atoms with van der Waals surface area (Å²) in [5, 5.41) is 0. The molecule has 3 fully saturated rings. The van der Waals surface area contributed by atoms with Crippen LogP contribution in [0.1, 0.15) is 49.5 Å². The second-order valence-electron chi connectivity index (χ2n) is 7.60. The van der Waals surface area contributed by atoms with Crippen molar-refractivity contribution >= 4 is 11.9 Å². The Kier molecular flexibility index (Phi) is 3.71. The first-order valence-electron chi connectivity index (χ1n) is 7.87. The molecule has 1 aromatic rings. The molecule has 0 radical (unpaired) electrons. The third-order valence-corrected chi connectivity index (χ3v) is 4.60. The average Bonchev–Trinajstić information content (AvgIpc) is 3.02. The van der Waals surface area contributed by atoms with E-state index in [1.807, 2.05) is 0 Å². The molecule has 2 bridgehead atoms. The minimum atomic E-state index is -0.999. The molecule has 130 valence electrons. The third-order valence-electron chi connectivity index (χ3n) is 4.60. The van der Waals surface area contributed by atoms with Gasteiger partial charge in [-0.15, -0.1) is 0 Å². The average molecular weight is 336 g/mol. The van der Waals surface area contributed by atoms with Gasteiger partial charge in [-0.05, 0) is 57.4 Å². The second kappa shape index (κ2) is 5.28. The lowest BCUT2D eigenvalue weighted by Crippen LogP contribution is -2.54. The largest absolute Gasteiger partial charge is 0.465 e. The summed E-state index contributed by atoms with van der Waals surface area (Å²) in [6.45, 7) is 5.61. The molecule has 6 heteroatoms. The van der Waals surface area contributed by atoms with Crippen LogP contribution in [-0.2, 0) is 24.4 Å². The summed E-state index contributed by atoms with van der Waals surface area (Å²) in [6.07, 6.45) is 0.715. The molecule has 2 heterocycles. The van der Waals surface area contributed by atoms with Crippen molar-refractivity contribution in [1.29, 1.82) is 0 Å². The summed E-state index contributed by atoms with van der Waals surface area (Å²) < 4.78 is 30.1. The zero-order valence-corrected chi connectivity index (χ0v) is 14.3. The molecule has 24 heavy (non-hydrogen) atoms. The van der Waals surface area contributed by atoms with Crippen LogP contribution in [-0.4, -0.2) is 36.9 Å². The highest BCUT2D eigenvalue weighted by Crippen LogP contribution is 2.60. The lowest BCUT2D eigenvalue weighted by molar-refractivity contribution is -0.181. The number of carbonyl (C=O) groups is 2. The molecular formula is C18H21FO5. The Morgan fingerprint density at radius 2 is 1.92 bits per heavy atom. The van der Waals surface area contributed by atoms with E-state index in [1.165, 1.54) is 25.3 Å². The Hall–Kier alpha value is -1.95. The molecule has 5 nitrogen and oxygen atoms in total. The fourth-order valence-electron chi connectivity index (χ4n) is 3.54. The highest BCUT2D eigenvalue weighted by atomic mass is 19.1. The topological polar surface area (TPSA) is 61.8 Å². The Balaban J connectivity index is 1.84. The highest BCUT2D eigenvalue weighted by molar-refractivity contribution is 5.90.